The Morgan fingerprint density at radius 3 is 2.25 bits per heavy atom. The second kappa shape index (κ2) is 8.08. The third-order valence-electron chi connectivity index (χ3n) is 3.99. The van der Waals surface area contributed by atoms with Crippen LogP contribution in [0, 0.1) is 0 Å². The zero-order valence-electron chi connectivity index (χ0n) is 14.9. The third-order valence-corrected chi connectivity index (χ3v) is 3.99. The maximum atomic E-state index is 12.6. The number of hydrogen-bond donors (Lipinski definition) is 1. The largest absolute Gasteiger partial charge is 0.416 e. The lowest BCUT2D eigenvalue weighted by molar-refractivity contribution is -0.137. The smallest absolute Gasteiger partial charge is 0.354 e. The topological polar surface area (TPSA) is 58.1 Å². The summed E-state index contributed by atoms with van der Waals surface area (Å²) in [5, 5.41) is 2.50. The summed E-state index contributed by atoms with van der Waals surface area (Å²) in [5.74, 6) is 0.0412. The maximum Gasteiger partial charge on any atom is 0.416 e. The first kappa shape index (κ1) is 19.3. The van der Waals surface area contributed by atoms with Crippen molar-refractivity contribution in [2.75, 3.05) is 17.3 Å². The Labute approximate surface area is 159 Å². The summed E-state index contributed by atoms with van der Waals surface area (Å²) in [5.41, 5.74) is 0.633. The van der Waals surface area contributed by atoms with Crippen molar-refractivity contribution in [3.05, 3.63) is 83.8 Å². The van der Waals surface area contributed by atoms with Gasteiger partial charge in [-0.05, 0) is 29.8 Å². The summed E-state index contributed by atoms with van der Waals surface area (Å²) in [6.45, 7) is 0.632. The summed E-state index contributed by atoms with van der Waals surface area (Å²) in [6.07, 6.45) is -1.61. The van der Waals surface area contributed by atoms with Crippen molar-refractivity contribution in [3.63, 3.8) is 0 Å². The molecule has 5 nitrogen and oxygen atoms in total. The van der Waals surface area contributed by atoms with E-state index in [1.54, 1.807) is 0 Å². The molecule has 3 aromatic rings. The molecule has 0 fully saturated rings. The molecular weight excluding hydrogens is 369 g/mol. The first-order valence-electron chi connectivity index (χ1n) is 8.38. The fourth-order valence-corrected chi connectivity index (χ4v) is 2.51. The van der Waals surface area contributed by atoms with Crippen molar-refractivity contribution in [2.24, 2.45) is 0 Å². The van der Waals surface area contributed by atoms with Gasteiger partial charge in [0.25, 0.3) is 5.91 Å². The molecule has 144 valence electrons. The number of hydrogen-bond acceptors (Lipinski definition) is 4. The van der Waals surface area contributed by atoms with E-state index in [0.717, 1.165) is 17.7 Å². The van der Waals surface area contributed by atoms with Crippen LogP contribution in [-0.2, 0) is 12.7 Å². The molecule has 0 radical (unpaired) electrons. The maximum absolute atomic E-state index is 12.6. The minimum absolute atomic E-state index is 0.0664. The molecule has 0 saturated carbocycles. The van der Waals surface area contributed by atoms with Crippen LogP contribution in [0.1, 0.15) is 21.6 Å². The average Bonchev–Trinajstić information content (AvgIpc) is 2.68. The molecule has 3 rings (SSSR count). The summed E-state index contributed by atoms with van der Waals surface area (Å²) in [7, 11) is 1.86. The number of nitrogens with one attached hydrogen (secondary N) is 1. The van der Waals surface area contributed by atoms with Gasteiger partial charge < -0.3 is 10.2 Å². The fourth-order valence-electron chi connectivity index (χ4n) is 2.51. The molecule has 1 N–H and O–H groups in total. The van der Waals surface area contributed by atoms with Crippen LogP contribution >= 0.6 is 0 Å². The molecule has 1 amide bonds. The number of rotatable bonds is 5. The minimum atomic E-state index is -4.42. The predicted molar refractivity (Wildman–Crippen MR) is 100.0 cm³/mol. The quantitative estimate of drug-likeness (QED) is 0.707. The van der Waals surface area contributed by atoms with Crippen molar-refractivity contribution in [2.45, 2.75) is 12.7 Å². The zero-order valence-corrected chi connectivity index (χ0v) is 14.9. The summed E-state index contributed by atoms with van der Waals surface area (Å²) < 4.78 is 37.7. The number of anilines is 2. The first-order valence-corrected chi connectivity index (χ1v) is 8.38. The SMILES string of the molecule is CN(Cc1ccccc1)c1cnc(C(=O)Nc2ccc(C(F)(F)F)cc2)cn1. The van der Waals surface area contributed by atoms with Gasteiger partial charge in [0, 0.05) is 19.3 Å². The van der Waals surface area contributed by atoms with Crippen LogP contribution in [0.2, 0.25) is 0 Å². The second-order valence-electron chi connectivity index (χ2n) is 6.13. The van der Waals surface area contributed by atoms with Gasteiger partial charge in [-0.2, -0.15) is 13.2 Å². The van der Waals surface area contributed by atoms with Crippen molar-refractivity contribution in [1.29, 1.82) is 0 Å². The Hall–Kier alpha value is -3.42. The van der Waals surface area contributed by atoms with E-state index in [0.29, 0.717) is 12.4 Å². The highest BCUT2D eigenvalue weighted by atomic mass is 19.4. The van der Waals surface area contributed by atoms with Crippen LogP contribution in [0.4, 0.5) is 24.7 Å². The van der Waals surface area contributed by atoms with Gasteiger partial charge in [-0.25, -0.2) is 9.97 Å². The van der Waals surface area contributed by atoms with Crippen LogP contribution in [0.25, 0.3) is 0 Å². The number of benzene rings is 2. The van der Waals surface area contributed by atoms with Crippen LogP contribution in [0.5, 0.6) is 0 Å². The van der Waals surface area contributed by atoms with Crippen LogP contribution in [-0.4, -0.2) is 22.9 Å². The van der Waals surface area contributed by atoms with Gasteiger partial charge in [0.1, 0.15) is 11.5 Å². The number of alkyl halides is 3. The number of amides is 1. The fraction of sp³-hybridized carbons (Fsp3) is 0.150. The molecule has 2 aromatic carbocycles. The molecule has 0 saturated heterocycles. The second-order valence-corrected chi connectivity index (χ2v) is 6.13. The zero-order chi connectivity index (χ0) is 20.1. The van der Waals surface area contributed by atoms with E-state index in [-0.39, 0.29) is 11.4 Å². The number of halogens is 3. The van der Waals surface area contributed by atoms with Crippen molar-refractivity contribution < 1.29 is 18.0 Å². The van der Waals surface area contributed by atoms with E-state index >= 15 is 0 Å². The molecule has 0 aliphatic rings. The van der Waals surface area contributed by atoms with Gasteiger partial charge in [0.05, 0.1) is 18.0 Å². The summed E-state index contributed by atoms with van der Waals surface area (Å²) in [6, 6.07) is 14.0. The molecule has 0 bridgehead atoms. The highest BCUT2D eigenvalue weighted by Gasteiger charge is 2.30. The first-order chi connectivity index (χ1) is 13.3. The van der Waals surface area contributed by atoms with E-state index < -0.39 is 17.6 Å². The molecular formula is C20H17F3N4O. The van der Waals surface area contributed by atoms with Crippen LogP contribution < -0.4 is 10.2 Å². The highest BCUT2D eigenvalue weighted by Crippen LogP contribution is 2.29. The Morgan fingerprint density at radius 1 is 1.00 bits per heavy atom. The van der Waals surface area contributed by atoms with E-state index in [4.69, 9.17) is 0 Å². The Kier molecular flexibility index (Phi) is 5.58. The van der Waals surface area contributed by atoms with Gasteiger partial charge in [0.15, 0.2) is 0 Å². The molecule has 0 spiro atoms. The Morgan fingerprint density at radius 2 is 1.68 bits per heavy atom. The number of aromatic nitrogens is 2. The van der Waals surface area contributed by atoms with Gasteiger partial charge in [-0.1, -0.05) is 30.3 Å². The van der Waals surface area contributed by atoms with Crippen LogP contribution in [0.3, 0.4) is 0 Å². The van der Waals surface area contributed by atoms with Gasteiger partial charge >= 0.3 is 6.18 Å². The molecule has 1 aromatic heterocycles. The monoisotopic (exact) mass is 386 g/mol. The normalized spacial score (nSPS) is 11.1. The van der Waals surface area contributed by atoms with E-state index in [1.165, 1.54) is 24.5 Å². The third kappa shape index (κ3) is 4.85. The molecule has 28 heavy (non-hydrogen) atoms. The van der Waals surface area contributed by atoms with E-state index in [9.17, 15) is 18.0 Å². The molecule has 1 heterocycles. The lowest BCUT2D eigenvalue weighted by Gasteiger charge is -2.17. The number of nitrogens with zero attached hydrogens (tertiary/aromatic N) is 3. The average molecular weight is 386 g/mol. The molecule has 0 aliphatic carbocycles. The summed E-state index contributed by atoms with van der Waals surface area (Å²) >= 11 is 0. The lowest BCUT2D eigenvalue weighted by atomic mass is 10.2. The van der Waals surface area contributed by atoms with Crippen molar-refractivity contribution in [3.8, 4) is 0 Å². The predicted octanol–water partition coefficient (Wildman–Crippen LogP) is 4.38. The van der Waals surface area contributed by atoms with E-state index in [1.807, 2.05) is 42.3 Å². The Bertz CT molecular complexity index is 926. The number of carbonyl (C=O) groups excluding carboxylic acids is 1. The van der Waals surface area contributed by atoms with Crippen LogP contribution in [0.15, 0.2) is 67.0 Å². The summed E-state index contributed by atoms with van der Waals surface area (Å²) in [4.78, 5) is 22.4. The highest BCUT2D eigenvalue weighted by molar-refractivity contribution is 6.02. The van der Waals surface area contributed by atoms with E-state index in [2.05, 4.69) is 15.3 Å². The van der Waals surface area contributed by atoms with Gasteiger partial charge in [0.2, 0.25) is 0 Å². The van der Waals surface area contributed by atoms with Gasteiger partial charge in [-0.15, -0.1) is 0 Å². The number of carbonyl (C=O) groups is 1. The standard InChI is InChI=1S/C20H17F3N4O/c1-27(13-14-5-3-2-4-6-14)18-12-24-17(11-25-18)19(28)26-16-9-7-15(8-10-16)20(21,22)23/h2-12H,13H2,1H3,(H,26,28). The minimum Gasteiger partial charge on any atom is -0.354 e. The van der Waals surface area contributed by atoms with Gasteiger partial charge in [-0.3, -0.25) is 4.79 Å². The van der Waals surface area contributed by atoms with Crippen molar-refractivity contribution >= 4 is 17.4 Å². The molecule has 0 atom stereocenters. The molecule has 8 heteroatoms. The lowest BCUT2D eigenvalue weighted by Crippen LogP contribution is -2.19. The molecule has 0 aliphatic heterocycles. The Balaban J connectivity index is 1.63. The van der Waals surface area contributed by atoms with Crippen molar-refractivity contribution in [1.82, 2.24) is 9.97 Å². The molecule has 0 unspecified atom stereocenters.